The molecule has 4 N–H and O–H groups in total. The van der Waals surface area contributed by atoms with Crippen LogP contribution in [0, 0.1) is 0 Å². The molecule has 0 saturated carbocycles. The highest BCUT2D eigenvalue weighted by atomic mass is 35.5. The lowest BCUT2D eigenvalue weighted by Gasteiger charge is -2.19. The first kappa shape index (κ1) is 16.1. The highest BCUT2D eigenvalue weighted by Gasteiger charge is 2.23. The molecule has 5 nitrogen and oxygen atoms in total. The van der Waals surface area contributed by atoms with Gasteiger partial charge in [-0.05, 0) is 12.1 Å². The first-order valence-electron chi connectivity index (χ1n) is 5.49. The summed E-state index contributed by atoms with van der Waals surface area (Å²) >= 11 is 6.91. The van der Waals surface area contributed by atoms with Crippen molar-refractivity contribution < 1.29 is 19.7 Å². The van der Waals surface area contributed by atoms with Crippen LogP contribution in [0.3, 0.4) is 0 Å². The number of nitrogens with two attached hydrogens (primary N) is 1. The average molecular weight is 306 g/mol. The van der Waals surface area contributed by atoms with Crippen molar-refractivity contribution in [2.24, 2.45) is 0 Å². The molecule has 0 aliphatic heterocycles. The fraction of sp³-hybridized carbons (Fsp3) is 0.417. The standard InChI is InChI=1S/C12H16ClNO4S/c1-6(15)19-5-10(16)12(17)7-3-11(18-2)9(14)4-8(7)13/h3-4,10,12,16-17H,5,14H2,1-2H3. The first-order chi connectivity index (χ1) is 8.86. The van der Waals surface area contributed by atoms with Crippen LogP contribution in [0.25, 0.3) is 0 Å². The van der Waals surface area contributed by atoms with Gasteiger partial charge >= 0.3 is 0 Å². The lowest BCUT2D eigenvalue weighted by molar-refractivity contribution is -0.109. The number of aliphatic hydroxyl groups is 2. The van der Waals surface area contributed by atoms with Crippen LogP contribution in [-0.4, -0.2) is 34.3 Å². The van der Waals surface area contributed by atoms with Crippen molar-refractivity contribution >= 4 is 34.2 Å². The van der Waals surface area contributed by atoms with Crippen molar-refractivity contribution in [1.82, 2.24) is 0 Å². The molecule has 0 aliphatic carbocycles. The molecule has 1 aromatic rings. The average Bonchev–Trinajstić information content (AvgIpc) is 2.35. The van der Waals surface area contributed by atoms with Crippen molar-refractivity contribution in [3.05, 3.63) is 22.7 Å². The number of hydrogen-bond donors (Lipinski definition) is 3. The number of benzene rings is 1. The highest BCUT2D eigenvalue weighted by Crippen LogP contribution is 2.34. The number of ether oxygens (including phenoxy) is 1. The maximum absolute atomic E-state index is 10.8. The normalized spacial score (nSPS) is 13.9. The Hall–Kier alpha value is -0.950. The van der Waals surface area contributed by atoms with Gasteiger partial charge < -0.3 is 20.7 Å². The predicted molar refractivity (Wildman–Crippen MR) is 76.5 cm³/mol. The second-order valence-corrected chi connectivity index (χ2v) is 5.53. The van der Waals surface area contributed by atoms with Crippen LogP contribution in [0.4, 0.5) is 5.69 Å². The third-order valence-electron chi connectivity index (χ3n) is 2.49. The van der Waals surface area contributed by atoms with E-state index in [2.05, 4.69) is 0 Å². The minimum absolute atomic E-state index is 0.0829. The molecule has 0 amide bonds. The van der Waals surface area contributed by atoms with E-state index in [9.17, 15) is 15.0 Å². The monoisotopic (exact) mass is 305 g/mol. The largest absolute Gasteiger partial charge is 0.495 e. The number of methoxy groups -OCH3 is 1. The molecule has 19 heavy (non-hydrogen) atoms. The van der Waals surface area contributed by atoms with E-state index in [0.717, 1.165) is 11.8 Å². The van der Waals surface area contributed by atoms with Crippen LogP contribution >= 0.6 is 23.4 Å². The Balaban J connectivity index is 2.92. The minimum atomic E-state index is -1.21. The molecule has 0 aromatic heterocycles. The third kappa shape index (κ3) is 4.28. The number of rotatable bonds is 5. The molecular weight excluding hydrogens is 290 g/mol. The summed E-state index contributed by atoms with van der Waals surface area (Å²) in [5, 5.41) is 20.0. The van der Waals surface area contributed by atoms with Crippen molar-refractivity contribution in [3.63, 3.8) is 0 Å². The molecule has 2 unspecified atom stereocenters. The lowest BCUT2D eigenvalue weighted by atomic mass is 10.0. The second-order valence-electron chi connectivity index (χ2n) is 3.93. The molecule has 106 valence electrons. The van der Waals surface area contributed by atoms with Gasteiger partial charge in [0.25, 0.3) is 0 Å². The van der Waals surface area contributed by atoms with E-state index < -0.39 is 12.2 Å². The summed E-state index contributed by atoms with van der Waals surface area (Å²) in [6.07, 6.45) is -2.33. The first-order valence-corrected chi connectivity index (χ1v) is 6.85. The summed E-state index contributed by atoms with van der Waals surface area (Å²) in [6.45, 7) is 1.39. The van der Waals surface area contributed by atoms with E-state index in [-0.39, 0.29) is 15.9 Å². The fourth-order valence-corrected chi connectivity index (χ4v) is 2.36. The number of carbonyl (C=O) groups excluding carboxylic acids is 1. The van der Waals surface area contributed by atoms with Gasteiger partial charge in [-0.25, -0.2) is 0 Å². The SMILES string of the molecule is COc1cc(C(O)C(O)CSC(C)=O)c(Cl)cc1N. The third-order valence-corrected chi connectivity index (χ3v) is 3.73. The molecule has 0 spiro atoms. The zero-order chi connectivity index (χ0) is 14.6. The smallest absolute Gasteiger partial charge is 0.185 e. The van der Waals surface area contributed by atoms with Gasteiger partial charge in [0.15, 0.2) is 5.12 Å². The van der Waals surface area contributed by atoms with Crippen LogP contribution in [0.5, 0.6) is 5.75 Å². The number of anilines is 1. The van der Waals surface area contributed by atoms with Crippen LogP contribution in [-0.2, 0) is 4.79 Å². The molecule has 0 saturated heterocycles. The fourth-order valence-electron chi connectivity index (χ4n) is 1.49. The van der Waals surface area contributed by atoms with Crippen LogP contribution in [0.15, 0.2) is 12.1 Å². The summed E-state index contributed by atoms with van der Waals surface area (Å²) in [4.78, 5) is 10.8. The molecule has 7 heteroatoms. The van der Waals surface area contributed by atoms with Crippen LogP contribution in [0.1, 0.15) is 18.6 Å². The topological polar surface area (TPSA) is 92.8 Å². The lowest BCUT2D eigenvalue weighted by Crippen LogP contribution is -2.21. The molecule has 0 radical (unpaired) electrons. The van der Waals surface area contributed by atoms with Crippen molar-refractivity contribution in [2.45, 2.75) is 19.1 Å². The molecule has 0 fully saturated rings. The van der Waals surface area contributed by atoms with E-state index in [1.807, 2.05) is 0 Å². The summed E-state index contributed by atoms with van der Waals surface area (Å²) in [5.74, 6) is 0.448. The van der Waals surface area contributed by atoms with E-state index >= 15 is 0 Å². The van der Waals surface area contributed by atoms with Gasteiger partial charge in [0.1, 0.15) is 11.9 Å². The highest BCUT2D eigenvalue weighted by molar-refractivity contribution is 8.13. The molecular formula is C12H16ClNO4S. The predicted octanol–water partition coefficient (Wildman–Crippen LogP) is 1.60. The summed E-state index contributed by atoms with van der Waals surface area (Å²) < 4.78 is 5.03. The summed E-state index contributed by atoms with van der Waals surface area (Å²) in [6, 6.07) is 2.92. The number of nitrogen functional groups attached to an aromatic ring is 1. The zero-order valence-electron chi connectivity index (χ0n) is 10.6. The maximum atomic E-state index is 10.8. The summed E-state index contributed by atoms with van der Waals surface area (Å²) in [7, 11) is 1.44. The van der Waals surface area contributed by atoms with Gasteiger partial charge in [-0.1, -0.05) is 23.4 Å². The number of halogens is 1. The minimum Gasteiger partial charge on any atom is -0.495 e. The number of hydrogen-bond acceptors (Lipinski definition) is 6. The van der Waals surface area contributed by atoms with E-state index in [1.165, 1.54) is 26.2 Å². The van der Waals surface area contributed by atoms with Crippen molar-refractivity contribution in [1.29, 1.82) is 0 Å². The molecule has 0 bridgehead atoms. The van der Waals surface area contributed by atoms with Gasteiger partial charge in [0.2, 0.25) is 0 Å². The molecule has 0 aliphatic rings. The van der Waals surface area contributed by atoms with Gasteiger partial charge in [-0.15, -0.1) is 0 Å². The van der Waals surface area contributed by atoms with E-state index in [0.29, 0.717) is 17.0 Å². The van der Waals surface area contributed by atoms with Crippen LogP contribution in [0.2, 0.25) is 5.02 Å². The molecule has 0 heterocycles. The summed E-state index contributed by atoms with van der Waals surface area (Å²) in [5.41, 5.74) is 6.33. The Morgan fingerprint density at radius 2 is 2.16 bits per heavy atom. The maximum Gasteiger partial charge on any atom is 0.185 e. The van der Waals surface area contributed by atoms with E-state index in [4.69, 9.17) is 22.1 Å². The van der Waals surface area contributed by atoms with Gasteiger partial charge in [0.05, 0.1) is 18.9 Å². The zero-order valence-corrected chi connectivity index (χ0v) is 12.2. The Kier molecular flexibility index (Phi) is 5.93. The van der Waals surface area contributed by atoms with Gasteiger partial charge in [-0.2, -0.15) is 0 Å². The van der Waals surface area contributed by atoms with Crippen LogP contribution < -0.4 is 10.5 Å². The molecule has 2 atom stereocenters. The van der Waals surface area contributed by atoms with E-state index in [1.54, 1.807) is 0 Å². The van der Waals surface area contributed by atoms with Gasteiger partial charge in [-0.3, -0.25) is 4.79 Å². The Morgan fingerprint density at radius 1 is 1.53 bits per heavy atom. The van der Waals surface area contributed by atoms with Gasteiger partial charge in [0, 0.05) is 23.3 Å². The number of thioether (sulfide) groups is 1. The van der Waals surface area contributed by atoms with Crippen molar-refractivity contribution in [3.8, 4) is 5.75 Å². The second kappa shape index (κ2) is 7.00. The Bertz CT molecular complexity index is 469. The Labute approximate surface area is 120 Å². The van der Waals surface area contributed by atoms with Crippen molar-refractivity contribution in [2.75, 3.05) is 18.6 Å². The molecule has 1 aromatic carbocycles. The number of carbonyl (C=O) groups is 1. The Morgan fingerprint density at radius 3 is 2.68 bits per heavy atom. The number of aliphatic hydroxyl groups excluding tert-OH is 2. The quantitative estimate of drug-likeness (QED) is 0.716. The molecule has 1 rings (SSSR count).